The van der Waals surface area contributed by atoms with Crippen LogP contribution in [0.5, 0.6) is 0 Å². The summed E-state index contributed by atoms with van der Waals surface area (Å²) in [6, 6.07) is 1.45. The van der Waals surface area contributed by atoms with Gasteiger partial charge in [0.1, 0.15) is 0 Å². The van der Waals surface area contributed by atoms with Crippen LogP contribution in [0.15, 0.2) is 0 Å². The zero-order valence-electron chi connectivity index (χ0n) is 15.5. The predicted molar refractivity (Wildman–Crippen MR) is 97.5 cm³/mol. The molecular formula is C20H41NO. The summed E-state index contributed by atoms with van der Waals surface area (Å²) < 4.78 is 5.52. The molecule has 0 aromatic rings. The molecule has 2 heteroatoms. The largest absolute Gasteiger partial charge is 0.381 e. The molecule has 2 nitrogen and oxygen atoms in total. The van der Waals surface area contributed by atoms with Crippen molar-refractivity contribution in [1.29, 1.82) is 0 Å². The minimum absolute atomic E-state index is 0.503. The molecule has 22 heavy (non-hydrogen) atoms. The Morgan fingerprint density at radius 1 is 0.864 bits per heavy atom. The maximum absolute atomic E-state index is 5.52. The fourth-order valence-corrected chi connectivity index (χ4v) is 3.76. The summed E-state index contributed by atoms with van der Waals surface area (Å²) >= 11 is 0. The van der Waals surface area contributed by atoms with Crippen LogP contribution in [0.1, 0.15) is 104 Å². The molecule has 1 N–H and O–H groups in total. The van der Waals surface area contributed by atoms with Gasteiger partial charge >= 0.3 is 0 Å². The Kier molecular flexibility index (Phi) is 12.1. The third-order valence-electron chi connectivity index (χ3n) is 5.25. The van der Waals surface area contributed by atoms with Crippen molar-refractivity contribution in [2.75, 3.05) is 7.11 Å². The highest BCUT2D eigenvalue weighted by Crippen LogP contribution is 2.23. The lowest BCUT2D eigenvalue weighted by Crippen LogP contribution is -2.37. The summed E-state index contributed by atoms with van der Waals surface area (Å²) in [5.74, 6) is 0. The van der Waals surface area contributed by atoms with E-state index < -0.39 is 0 Å². The number of hydrogen-bond acceptors (Lipinski definition) is 2. The second kappa shape index (κ2) is 13.4. The third kappa shape index (κ3) is 9.15. The Labute approximate surface area is 139 Å². The summed E-state index contributed by atoms with van der Waals surface area (Å²) in [5, 5.41) is 3.97. The Morgan fingerprint density at radius 2 is 1.45 bits per heavy atom. The topological polar surface area (TPSA) is 21.3 Å². The van der Waals surface area contributed by atoms with Gasteiger partial charge in [0.2, 0.25) is 0 Å². The molecule has 1 fully saturated rings. The van der Waals surface area contributed by atoms with Gasteiger partial charge in [0.15, 0.2) is 0 Å². The van der Waals surface area contributed by atoms with Gasteiger partial charge in [-0.15, -0.1) is 0 Å². The second-order valence-electron chi connectivity index (χ2n) is 7.28. The molecule has 3 atom stereocenters. The van der Waals surface area contributed by atoms with Gasteiger partial charge in [0, 0.05) is 19.2 Å². The van der Waals surface area contributed by atoms with Crippen molar-refractivity contribution < 1.29 is 4.74 Å². The lowest BCUT2D eigenvalue weighted by molar-refractivity contribution is 0.106. The number of nitrogens with one attached hydrogen (secondary N) is 1. The van der Waals surface area contributed by atoms with E-state index in [1.807, 2.05) is 7.11 Å². The average molecular weight is 312 g/mol. The molecule has 132 valence electrons. The number of ether oxygens (including phenoxy) is 1. The molecule has 0 spiro atoms. The molecule has 0 radical (unpaired) electrons. The molecule has 1 rings (SSSR count). The predicted octanol–water partition coefficient (Wildman–Crippen LogP) is 5.84. The van der Waals surface area contributed by atoms with Crippen molar-refractivity contribution in [2.45, 2.75) is 122 Å². The zero-order chi connectivity index (χ0) is 16.0. The summed E-state index contributed by atoms with van der Waals surface area (Å²) in [7, 11) is 1.86. The first kappa shape index (κ1) is 20.0. The van der Waals surface area contributed by atoms with Gasteiger partial charge in [-0.25, -0.2) is 0 Å². The van der Waals surface area contributed by atoms with Crippen LogP contribution in [-0.4, -0.2) is 25.3 Å². The fraction of sp³-hybridized carbons (Fsp3) is 1.00. The number of rotatable bonds is 14. The first-order chi connectivity index (χ1) is 10.8. The van der Waals surface area contributed by atoms with Crippen LogP contribution in [0.25, 0.3) is 0 Å². The smallest absolute Gasteiger partial charge is 0.0586 e. The van der Waals surface area contributed by atoms with E-state index in [2.05, 4.69) is 19.2 Å². The van der Waals surface area contributed by atoms with E-state index in [0.29, 0.717) is 12.1 Å². The minimum Gasteiger partial charge on any atom is -0.381 e. The highest BCUT2D eigenvalue weighted by Gasteiger charge is 2.25. The standard InChI is InChI=1S/C20H41NO/c1-4-6-8-10-12-14-18(13-11-9-7-5-2)21-19-15-16-20(17-19)22-3/h18-21H,4-17H2,1-3H3/t18?,19-,20+/m1/s1. The summed E-state index contributed by atoms with van der Waals surface area (Å²) in [5.41, 5.74) is 0. The van der Waals surface area contributed by atoms with Gasteiger partial charge in [-0.2, -0.15) is 0 Å². The lowest BCUT2D eigenvalue weighted by Gasteiger charge is -2.23. The van der Waals surface area contributed by atoms with Crippen LogP contribution in [-0.2, 0) is 4.74 Å². The van der Waals surface area contributed by atoms with Crippen LogP contribution >= 0.6 is 0 Å². The van der Waals surface area contributed by atoms with E-state index in [1.54, 1.807) is 0 Å². The summed E-state index contributed by atoms with van der Waals surface area (Å²) in [4.78, 5) is 0. The van der Waals surface area contributed by atoms with Crippen molar-refractivity contribution in [3.8, 4) is 0 Å². The van der Waals surface area contributed by atoms with Gasteiger partial charge in [-0.05, 0) is 32.1 Å². The molecule has 0 aliphatic heterocycles. The van der Waals surface area contributed by atoms with E-state index in [1.165, 1.54) is 89.9 Å². The van der Waals surface area contributed by atoms with Crippen molar-refractivity contribution >= 4 is 0 Å². The first-order valence-electron chi connectivity index (χ1n) is 10.1. The molecule has 0 bridgehead atoms. The Hall–Kier alpha value is -0.0800. The number of unbranched alkanes of at least 4 members (excludes halogenated alkanes) is 7. The van der Waals surface area contributed by atoms with Crippen molar-refractivity contribution in [2.24, 2.45) is 0 Å². The molecule has 1 aliphatic carbocycles. The molecule has 0 heterocycles. The first-order valence-corrected chi connectivity index (χ1v) is 10.1. The highest BCUT2D eigenvalue weighted by molar-refractivity contribution is 4.84. The van der Waals surface area contributed by atoms with Crippen molar-refractivity contribution in [3.05, 3.63) is 0 Å². The Morgan fingerprint density at radius 3 is 2.00 bits per heavy atom. The van der Waals surface area contributed by atoms with Gasteiger partial charge in [-0.3, -0.25) is 0 Å². The van der Waals surface area contributed by atoms with Gasteiger partial charge < -0.3 is 10.1 Å². The molecule has 0 aromatic heterocycles. The van der Waals surface area contributed by atoms with E-state index in [-0.39, 0.29) is 0 Å². The monoisotopic (exact) mass is 311 g/mol. The van der Waals surface area contributed by atoms with Gasteiger partial charge in [0.25, 0.3) is 0 Å². The zero-order valence-corrected chi connectivity index (χ0v) is 15.5. The normalized spacial score (nSPS) is 23.0. The molecule has 1 aliphatic rings. The molecule has 0 saturated heterocycles. The number of methoxy groups -OCH3 is 1. The second-order valence-corrected chi connectivity index (χ2v) is 7.28. The van der Waals surface area contributed by atoms with E-state index >= 15 is 0 Å². The van der Waals surface area contributed by atoms with Crippen molar-refractivity contribution in [3.63, 3.8) is 0 Å². The SMILES string of the molecule is CCCCCCCC(CCCCCC)N[C@@H]1CC[C@H](OC)C1. The van der Waals surface area contributed by atoms with E-state index in [4.69, 9.17) is 4.74 Å². The fourth-order valence-electron chi connectivity index (χ4n) is 3.76. The van der Waals surface area contributed by atoms with Crippen LogP contribution in [0.3, 0.4) is 0 Å². The van der Waals surface area contributed by atoms with Crippen LogP contribution < -0.4 is 5.32 Å². The van der Waals surface area contributed by atoms with Crippen LogP contribution in [0.2, 0.25) is 0 Å². The quantitative estimate of drug-likeness (QED) is 0.407. The molecule has 1 saturated carbocycles. The maximum atomic E-state index is 5.52. The Bertz CT molecular complexity index is 244. The molecule has 1 unspecified atom stereocenters. The lowest BCUT2D eigenvalue weighted by atomic mass is 9.99. The summed E-state index contributed by atoms with van der Waals surface area (Å²) in [6.07, 6.45) is 19.6. The Balaban J connectivity index is 2.23. The summed E-state index contributed by atoms with van der Waals surface area (Å²) in [6.45, 7) is 4.59. The minimum atomic E-state index is 0.503. The molecule has 0 aromatic carbocycles. The van der Waals surface area contributed by atoms with Crippen LogP contribution in [0, 0.1) is 0 Å². The van der Waals surface area contributed by atoms with Crippen LogP contribution in [0.4, 0.5) is 0 Å². The van der Waals surface area contributed by atoms with Gasteiger partial charge in [0.05, 0.1) is 6.10 Å². The number of hydrogen-bond donors (Lipinski definition) is 1. The van der Waals surface area contributed by atoms with Gasteiger partial charge in [-0.1, -0.05) is 71.6 Å². The third-order valence-corrected chi connectivity index (χ3v) is 5.25. The molecular weight excluding hydrogens is 270 g/mol. The van der Waals surface area contributed by atoms with E-state index in [0.717, 1.165) is 6.04 Å². The van der Waals surface area contributed by atoms with Crippen molar-refractivity contribution in [1.82, 2.24) is 5.32 Å². The average Bonchev–Trinajstić information content (AvgIpc) is 2.98. The molecule has 0 amide bonds. The maximum Gasteiger partial charge on any atom is 0.0586 e. The van der Waals surface area contributed by atoms with E-state index in [9.17, 15) is 0 Å². The highest BCUT2D eigenvalue weighted by atomic mass is 16.5.